The molecule has 0 rings (SSSR count). The highest BCUT2D eigenvalue weighted by molar-refractivity contribution is 4.53. The van der Waals surface area contributed by atoms with E-state index in [1.807, 2.05) is 0 Å². The average Bonchev–Trinajstić information content (AvgIpc) is 3.31. The highest BCUT2D eigenvalue weighted by Gasteiger charge is 1.97. The SMILES string of the molecule is CCCCCCCCCCCCCCCCCCN.CCCCCCCCCCCCCCCCN.CCCCCCCCCCCCCCN.CCCCCCCCCCCCN. The smallest absolute Gasteiger partial charge is 0.00773 e. The molecule has 0 atom stereocenters. The Morgan fingerprint density at radius 3 is 0.281 bits per heavy atom. The molecule has 0 aliphatic heterocycles. The van der Waals surface area contributed by atoms with Crippen molar-refractivity contribution in [2.45, 2.75) is 362 Å². The summed E-state index contributed by atoms with van der Waals surface area (Å²) in [4.78, 5) is 0. The van der Waals surface area contributed by atoms with Gasteiger partial charge in [-0.3, -0.25) is 0 Å². The lowest BCUT2D eigenvalue weighted by molar-refractivity contribution is 0.530. The van der Waals surface area contributed by atoms with Crippen LogP contribution in [0.15, 0.2) is 0 Å². The molecule has 0 saturated carbocycles. The molecular formula is C60H132N4. The van der Waals surface area contributed by atoms with Crippen LogP contribution in [0.5, 0.6) is 0 Å². The summed E-state index contributed by atoms with van der Waals surface area (Å²) in [5.41, 5.74) is 21.8. The molecule has 0 fully saturated rings. The van der Waals surface area contributed by atoms with Gasteiger partial charge < -0.3 is 22.9 Å². The van der Waals surface area contributed by atoms with Crippen LogP contribution in [0.3, 0.4) is 0 Å². The molecule has 0 bridgehead atoms. The molecule has 0 aliphatic carbocycles. The molecule has 0 spiro atoms. The first-order chi connectivity index (χ1) is 31.7. The van der Waals surface area contributed by atoms with Gasteiger partial charge in [-0.1, -0.05) is 336 Å². The molecule has 8 N–H and O–H groups in total. The molecule has 0 aromatic rings. The maximum absolute atomic E-state index is 5.48. The van der Waals surface area contributed by atoms with E-state index in [0.717, 1.165) is 26.2 Å². The Bertz CT molecular complexity index is 620. The van der Waals surface area contributed by atoms with Crippen molar-refractivity contribution in [2.75, 3.05) is 26.2 Å². The van der Waals surface area contributed by atoms with E-state index in [1.165, 1.54) is 334 Å². The Kier molecular flexibility index (Phi) is 84.8. The summed E-state index contributed by atoms with van der Waals surface area (Å²) < 4.78 is 0. The molecule has 392 valence electrons. The Labute approximate surface area is 409 Å². The third-order valence-electron chi connectivity index (χ3n) is 13.2. The summed E-state index contributed by atoms with van der Waals surface area (Å²) in [5, 5.41) is 0. The summed E-state index contributed by atoms with van der Waals surface area (Å²) in [5.74, 6) is 0. The van der Waals surface area contributed by atoms with Gasteiger partial charge in [0.1, 0.15) is 0 Å². The first kappa shape index (κ1) is 70.4. The molecule has 0 aliphatic rings. The standard InChI is InChI=1S/C18H39N.C16H35N.C14H31N.C12H27N/c1-2-3-4-5-6-7-8-9-10-11-12-13-14-15-16-17-18-19;1-2-3-4-5-6-7-8-9-10-11-12-13-14-15-16-17;1-2-3-4-5-6-7-8-9-10-11-12-13-14-15;1-2-3-4-5-6-7-8-9-10-11-12-13/h2-19H2,1H3;2-17H2,1H3;2-15H2,1H3;2-13H2,1H3. The minimum Gasteiger partial charge on any atom is -0.330 e. The number of nitrogens with two attached hydrogens (primary N) is 4. The lowest BCUT2D eigenvalue weighted by Gasteiger charge is -2.03. The Balaban J connectivity index is -0.000000378. The lowest BCUT2D eigenvalue weighted by atomic mass is 10.0. The average molecular weight is 910 g/mol. The normalized spacial score (nSPS) is 10.9. The van der Waals surface area contributed by atoms with E-state index >= 15 is 0 Å². The molecule has 0 unspecified atom stereocenters. The van der Waals surface area contributed by atoms with Gasteiger partial charge in [-0.25, -0.2) is 0 Å². The van der Waals surface area contributed by atoms with Gasteiger partial charge in [0.25, 0.3) is 0 Å². The molecule has 0 aromatic carbocycles. The zero-order valence-corrected chi connectivity index (χ0v) is 45.9. The van der Waals surface area contributed by atoms with Gasteiger partial charge >= 0.3 is 0 Å². The lowest BCUT2D eigenvalue weighted by Crippen LogP contribution is -1.97. The molecule has 0 amide bonds. The predicted molar refractivity (Wildman–Crippen MR) is 299 cm³/mol. The first-order valence-corrected chi connectivity index (χ1v) is 30.5. The first-order valence-electron chi connectivity index (χ1n) is 30.5. The van der Waals surface area contributed by atoms with Crippen LogP contribution in [0.1, 0.15) is 362 Å². The van der Waals surface area contributed by atoms with Gasteiger partial charge in [-0.05, 0) is 51.9 Å². The molecule has 0 aromatic heterocycles. The fraction of sp³-hybridized carbons (Fsp3) is 1.00. The molecule has 0 heterocycles. The van der Waals surface area contributed by atoms with Crippen LogP contribution in [-0.4, -0.2) is 26.2 Å². The van der Waals surface area contributed by atoms with E-state index in [0.29, 0.717) is 0 Å². The molecule has 64 heavy (non-hydrogen) atoms. The highest BCUT2D eigenvalue weighted by atomic mass is 14.5. The molecule has 4 nitrogen and oxygen atoms in total. The number of hydrogen-bond donors (Lipinski definition) is 4. The quantitative estimate of drug-likeness (QED) is 0.0456. The van der Waals surface area contributed by atoms with Crippen LogP contribution >= 0.6 is 0 Å². The molecule has 0 radical (unpaired) electrons. The van der Waals surface area contributed by atoms with Gasteiger partial charge in [0.2, 0.25) is 0 Å². The van der Waals surface area contributed by atoms with Gasteiger partial charge in [0.05, 0.1) is 0 Å². The van der Waals surface area contributed by atoms with E-state index < -0.39 is 0 Å². The van der Waals surface area contributed by atoms with Crippen molar-refractivity contribution in [3.8, 4) is 0 Å². The number of hydrogen-bond acceptors (Lipinski definition) is 4. The summed E-state index contributed by atoms with van der Waals surface area (Å²) in [7, 11) is 0. The maximum atomic E-state index is 5.48. The second-order valence-electron chi connectivity index (χ2n) is 20.1. The third kappa shape index (κ3) is 85.2. The van der Waals surface area contributed by atoms with Crippen LogP contribution < -0.4 is 22.9 Å². The van der Waals surface area contributed by atoms with E-state index in [4.69, 9.17) is 22.9 Å². The second kappa shape index (κ2) is 77.1. The summed E-state index contributed by atoms with van der Waals surface area (Å²) in [6.45, 7) is 12.6. The largest absolute Gasteiger partial charge is 0.330 e. The van der Waals surface area contributed by atoms with Crippen molar-refractivity contribution in [3.63, 3.8) is 0 Å². The summed E-state index contributed by atoms with van der Waals surface area (Å²) in [6.07, 6.45) is 73.6. The molecule has 4 heteroatoms. The second-order valence-corrected chi connectivity index (χ2v) is 20.1. The fourth-order valence-corrected chi connectivity index (χ4v) is 8.65. The van der Waals surface area contributed by atoms with Gasteiger partial charge in [0, 0.05) is 0 Å². The van der Waals surface area contributed by atoms with Gasteiger partial charge in [0.15, 0.2) is 0 Å². The van der Waals surface area contributed by atoms with Crippen molar-refractivity contribution in [3.05, 3.63) is 0 Å². The summed E-state index contributed by atoms with van der Waals surface area (Å²) >= 11 is 0. The van der Waals surface area contributed by atoms with Crippen LogP contribution in [-0.2, 0) is 0 Å². The zero-order valence-electron chi connectivity index (χ0n) is 45.9. The molecule has 0 saturated heterocycles. The van der Waals surface area contributed by atoms with Crippen LogP contribution in [0, 0.1) is 0 Å². The van der Waals surface area contributed by atoms with Gasteiger partial charge in [-0.15, -0.1) is 0 Å². The van der Waals surface area contributed by atoms with Crippen molar-refractivity contribution in [1.82, 2.24) is 0 Å². The zero-order chi connectivity index (χ0) is 47.6. The fourth-order valence-electron chi connectivity index (χ4n) is 8.65. The van der Waals surface area contributed by atoms with E-state index in [9.17, 15) is 0 Å². The summed E-state index contributed by atoms with van der Waals surface area (Å²) in [6, 6.07) is 0. The Morgan fingerprint density at radius 2 is 0.203 bits per heavy atom. The predicted octanol–water partition coefficient (Wildman–Crippen LogP) is 20.1. The van der Waals surface area contributed by atoms with Crippen molar-refractivity contribution >= 4 is 0 Å². The van der Waals surface area contributed by atoms with Gasteiger partial charge in [-0.2, -0.15) is 0 Å². The van der Waals surface area contributed by atoms with Crippen LogP contribution in [0.2, 0.25) is 0 Å². The number of unbranched alkanes of at least 4 members (excludes halogenated alkanes) is 48. The van der Waals surface area contributed by atoms with Crippen LogP contribution in [0.25, 0.3) is 0 Å². The topological polar surface area (TPSA) is 104 Å². The minimum absolute atomic E-state index is 0.872. The van der Waals surface area contributed by atoms with Crippen molar-refractivity contribution in [2.24, 2.45) is 22.9 Å². The third-order valence-corrected chi connectivity index (χ3v) is 13.2. The Morgan fingerprint density at radius 1 is 0.125 bits per heavy atom. The molecular weight excluding hydrogens is 777 g/mol. The Hall–Kier alpha value is -0.160. The monoisotopic (exact) mass is 909 g/mol. The van der Waals surface area contributed by atoms with E-state index in [1.54, 1.807) is 0 Å². The van der Waals surface area contributed by atoms with Crippen molar-refractivity contribution in [1.29, 1.82) is 0 Å². The highest BCUT2D eigenvalue weighted by Crippen LogP contribution is 2.16. The van der Waals surface area contributed by atoms with E-state index in [2.05, 4.69) is 27.7 Å². The van der Waals surface area contributed by atoms with Crippen molar-refractivity contribution < 1.29 is 0 Å². The van der Waals surface area contributed by atoms with E-state index in [-0.39, 0.29) is 0 Å². The number of rotatable bonds is 52. The minimum atomic E-state index is 0.872. The maximum Gasteiger partial charge on any atom is -0.00773 e. The van der Waals surface area contributed by atoms with Crippen LogP contribution in [0.4, 0.5) is 0 Å².